The smallest absolute Gasteiger partial charge is 0.279 e. The lowest BCUT2D eigenvalue weighted by Gasteiger charge is -2.28. The van der Waals surface area contributed by atoms with Crippen LogP contribution in [0.1, 0.15) is 41.6 Å². The van der Waals surface area contributed by atoms with E-state index in [-0.39, 0.29) is 24.6 Å². The minimum absolute atomic E-state index is 0.0802. The predicted octanol–water partition coefficient (Wildman–Crippen LogP) is 5.13. The van der Waals surface area contributed by atoms with E-state index in [0.29, 0.717) is 46.7 Å². The molecule has 3 heterocycles. The molecule has 0 spiro atoms. The number of aliphatic hydroxyl groups is 2. The van der Waals surface area contributed by atoms with Crippen molar-refractivity contribution < 1.29 is 19.7 Å². The van der Waals surface area contributed by atoms with E-state index in [2.05, 4.69) is 15.4 Å². The summed E-state index contributed by atoms with van der Waals surface area (Å²) in [6.07, 6.45) is 7.85. The first kappa shape index (κ1) is 33.6. The molecule has 0 saturated carbocycles. The Morgan fingerprint density at radius 3 is 2.57 bits per heavy atom. The molecule has 3 atom stereocenters. The average Bonchev–Trinajstić information content (AvgIpc) is 3.71. The van der Waals surface area contributed by atoms with Crippen LogP contribution in [0.3, 0.4) is 0 Å². The molecule has 1 aliphatic rings. The molecule has 0 fully saturated rings. The van der Waals surface area contributed by atoms with Gasteiger partial charge in [0.2, 0.25) is 0 Å². The quantitative estimate of drug-likeness (QED) is 0.170. The summed E-state index contributed by atoms with van der Waals surface area (Å²) in [5.74, 6) is -0.777. The second kappa shape index (κ2) is 14.1. The zero-order chi connectivity index (χ0) is 35.5. The highest BCUT2D eigenvalue weighted by atomic mass is 16.5. The Morgan fingerprint density at radius 2 is 1.76 bits per heavy atom. The average molecular weight is 683 g/mol. The molecule has 4 aromatic carbocycles. The molecule has 0 aliphatic carbocycles. The first-order valence-corrected chi connectivity index (χ1v) is 16.8. The van der Waals surface area contributed by atoms with E-state index in [4.69, 9.17) is 4.74 Å². The fourth-order valence-electron chi connectivity index (χ4n) is 6.74. The van der Waals surface area contributed by atoms with Crippen molar-refractivity contribution in [3.8, 4) is 11.4 Å². The highest BCUT2D eigenvalue weighted by molar-refractivity contribution is 6.07. The van der Waals surface area contributed by atoms with Gasteiger partial charge in [0.15, 0.2) is 5.60 Å². The van der Waals surface area contributed by atoms with Crippen molar-refractivity contribution in [3.63, 3.8) is 0 Å². The number of allylic oxidation sites excluding steroid dienone is 1. The highest BCUT2D eigenvalue weighted by Crippen LogP contribution is 2.47. The molecule has 258 valence electrons. The lowest BCUT2D eigenvalue weighted by molar-refractivity contribution is -0.139. The molecule has 51 heavy (non-hydrogen) atoms. The van der Waals surface area contributed by atoms with E-state index < -0.39 is 17.4 Å². The van der Waals surface area contributed by atoms with Crippen molar-refractivity contribution in [2.45, 2.75) is 38.0 Å². The summed E-state index contributed by atoms with van der Waals surface area (Å²) < 4.78 is 8.56. The summed E-state index contributed by atoms with van der Waals surface area (Å²) in [6.45, 7) is 2.43. The zero-order valence-electron chi connectivity index (χ0n) is 28.3. The molecule has 1 aliphatic heterocycles. The Bertz CT molecular complexity index is 2280. The minimum atomic E-state index is -1.85. The number of hydrogen-bond acceptors (Lipinski definition) is 8. The summed E-state index contributed by atoms with van der Waals surface area (Å²) in [7, 11) is 1.55. The Kier molecular flexibility index (Phi) is 9.31. The summed E-state index contributed by atoms with van der Waals surface area (Å²) in [5, 5.41) is 36.5. The molecule has 0 radical (unpaired) electrons. The van der Waals surface area contributed by atoms with Gasteiger partial charge < -0.3 is 19.8 Å². The summed E-state index contributed by atoms with van der Waals surface area (Å²) in [5.41, 5.74) is 1.95. The number of amides is 1. The lowest BCUT2D eigenvalue weighted by Crippen LogP contribution is -2.44. The number of nitrogens with zero attached hydrogens (tertiary/aromatic N) is 6. The van der Waals surface area contributed by atoms with E-state index in [1.54, 1.807) is 53.2 Å². The van der Waals surface area contributed by atoms with Crippen molar-refractivity contribution in [1.29, 1.82) is 0 Å². The number of hydrogen-bond donors (Lipinski definition) is 2. The first-order chi connectivity index (χ1) is 24.8. The van der Waals surface area contributed by atoms with Gasteiger partial charge in [-0.05, 0) is 53.9 Å². The number of benzene rings is 4. The number of fused-ring (bicyclic) bond motifs is 2. The fourth-order valence-corrected chi connectivity index (χ4v) is 6.74. The number of methoxy groups -OCH3 is 1. The van der Waals surface area contributed by atoms with Crippen molar-refractivity contribution in [2.24, 2.45) is 5.92 Å². The van der Waals surface area contributed by atoms with Gasteiger partial charge in [-0.3, -0.25) is 14.3 Å². The van der Waals surface area contributed by atoms with Crippen LogP contribution < -0.4 is 15.2 Å². The zero-order valence-corrected chi connectivity index (χ0v) is 28.3. The third kappa shape index (κ3) is 6.33. The van der Waals surface area contributed by atoms with E-state index >= 15 is 0 Å². The normalized spacial score (nSPS) is 16.9. The molecule has 2 aromatic heterocycles. The number of carbonyl (C=O) groups excluding carboxylic acids is 1. The van der Waals surface area contributed by atoms with Crippen molar-refractivity contribution in [3.05, 3.63) is 154 Å². The number of ether oxygens (including phenoxy) is 1. The van der Waals surface area contributed by atoms with Crippen LogP contribution in [-0.2, 0) is 23.5 Å². The maximum Gasteiger partial charge on any atom is 0.279 e. The largest absolute Gasteiger partial charge is 0.497 e. The molecule has 1 amide bonds. The van der Waals surface area contributed by atoms with Gasteiger partial charge >= 0.3 is 0 Å². The Morgan fingerprint density at radius 1 is 0.961 bits per heavy atom. The van der Waals surface area contributed by atoms with Crippen LogP contribution in [0.25, 0.3) is 16.5 Å². The summed E-state index contributed by atoms with van der Waals surface area (Å²) in [4.78, 5) is 29.1. The van der Waals surface area contributed by atoms with Crippen LogP contribution in [0.15, 0.2) is 126 Å². The maximum atomic E-state index is 14.2. The van der Waals surface area contributed by atoms with Gasteiger partial charge in [0, 0.05) is 29.6 Å². The van der Waals surface area contributed by atoms with Gasteiger partial charge in [-0.15, -0.1) is 5.10 Å². The number of aliphatic hydroxyl groups excluding tert-OH is 1. The minimum Gasteiger partial charge on any atom is -0.497 e. The maximum absolute atomic E-state index is 14.2. The van der Waals surface area contributed by atoms with Crippen molar-refractivity contribution in [2.75, 3.05) is 18.6 Å². The highest BCUT2D eigenvalue weighted by Gasteiger charge is 2.52. The second-order valence-electron chi connectivity index (χ2n) is 12.7. The summed E-state index contributed by atoms with van der Waals surface area (Å²) >= 11 is 0. The van der Waals surface area contributed by atoms with Gasteiger partial charge in [0.25, 0.3) is 11.5 Å². The lowest BCUT2D eigenvalue weighted by atomic mass is 9.83. The van der Waals surface area contributed by atoms with Crippen molar-refractivity contribution >= 4 is 22.4 Å². The molecule has 0 saturated heterocycles. The van der Waals surface area contributed by atoms with Crippen LogP contribution in [-0.4, -0.2) is 54.6 Å². The van der Waals surface area contributed by atoms with E-state index in [1.807, 2.05) is 92.0 Å². The fraction of sp³-hybridized carbons (Fsp3) is 0.225. The van der Waals surface area contributed by atoms with Gasteiger partial charge in [-0.25, -0.2) is 0 Å². The first-order valence-electron chi connectivity index (χ1n) is 16.8. The molecule has 11 nitrogen and oxygen atoms in total. The monoisotopic (exact) mass is 682 g/mol. The van der Waals surface area contributed by atoms with Crippen LogP contribution in [0.5, 0.6) is 5.75 Å². The predicted molar refractivity (Wildman–Crippen MR) is 194 cm³/mol. The third-order valence-corrected chi connectivity index (χ3v) is 9.57. The topological polar surface area (TPSA) is 136 Å². The van der Waals surface area contributed by atoms with E-state index in [0.717, 1.165) is 16.5 Å². The summed E-state index contributed by atoms with van der Waals surface area (Å²) in [6, 6.07) is 29.6. The number of rotatable bonds is 12. The van der Waals surface area contributed by atoms with Crippen LogP contribution in [0, 0.1) is 5.92 Å². The van der Waals surface area contributed by atoms with Gasteiger partial charge in [0.1, 0.15) is 5.75 Å². The molecular formula is C40H38N6O5. The van der Waals surface area contributed by atoms with Gasteiger partial charge in [-0.2, -0.15) is 9.78 Å². The second-order valence-corrected chi connectivity index (χ2v) is 12.7. The molecule has 0 bridgehead atoms. The van der Waals surface area contributed by atoms with Crippen LogP contribution >= 0.6 is 0 Å². The number of carbonyl (C=O) groups is 1. The van der Waals surface area contributed by atoms with Gasteiger partial charge in [-0.1, -0.05) is 85.0 Å². The number of anilines is 1. The van der Waals surface area contributed by atoms with Crippen LogP contribution in [0.4, 0.5) is 5.69 Å². The third-order valence-electron chi connectivity index (χ3n) is 9.57. The number of aromatic nitrogens is 5. The van der Waals surface area contributed by atoms with Crippen LogP contribution in [0.2, 0.25) is 0 Å². The van der Waals surface area contributed by atoms with Gasteiger partial charge in [0.05, 0.1) is 54.8 Å². The Labute approximate surface area is 294 Å². The number of aryl methyl sites for hydroxylation is 1. The van der Waals surface area contributed by atoms with E-state index in [1.165, 1.54) is 4.68 Å². The molecular weight excluding hydrogens is 644 g/mol. The Balaban J connectivity index is 1.09. The van der Waals surface area contributed by atoms with Crippen molar-refractivity contribution in [1.82, 2.24) is 24.8 Å². The molecule has 11 heteroatoms. The molecule has 6 aromatic rings. The van der Waals surface area contributed by atoms with E-state index in [9.17, 15) is 19.8 Å². The molecule has 7 rings (SSSR count). The molecule has 2 N–H and O–H groups in total. The standard InChI is InChI=1S/C40H38N6O5/c1-27(11-8-9-20-44-25-36(42-43-44)34(26-47)29-13-4-3-5-14-29)40(50)35-22-32(51-2)18-19-37(35)45(39(40)49)24-28-12-10-16-31(21-28)46-38(48)33-17-7-6-15-30(33)23-41-46/h3-8,10-19,21-23,25,27,34,47,50H,9,20,24,26H2,1-2H3/b11-8+/t27-,34?,40+/m1/s1. The Hall–Kier alpha value is -5.91. The SMILES string of the molecule is COc1ccc2c(c1)[C@@](O)([C@H](C)/C=C/CCn1cc(C(CO)c3ccccc3)nn1)C(=O)N2Cc1cccc(-n2ncc3ccccc3c2=O)c1. The molecule has 1 unspecified atom stereocenters.